The average molecular weight is 324 g/mol. The van der Waals surface area contributed by atoms with Crippen LogP contribution in [-0.4, -0.2) is 29.0 Å². The summed E-state index contributed by atoms with van der Waals surface area (Å²) in [5.74, 6) is -1.63. The first kappa shape index (κ1) is 15.7. The predicted octanol–water partition coefficient (Wildman–Crippen LogP) is 3.12. The van der Waals surface area contributed by atoms with Gasteiger partial charge in [0.05, 0.1) is 7.11 Å². The Morgan fingerprint density at radius 3 is 2.42 bits per heavy atom. The van der Waals surface area contributed by atoms with Crippen molar-refractivity contribution in [3.63, 3.8) is 0 Å². The Morgan fingerprint density at radius 2 is 1.79 bits per heavy atom. The Kier molecular flexibility index (Phi) is 4.29. The van der Waals surface area contributed by atoms with Crippen molar-refractivity contribution in [3.8, 4) is 0 Å². The third-order valence-corrected chi connectivity index (χ3v) is 4.03. The van der Waals surface area contributed by atoms with E-state index in [9.17, 15) is 14.9 Å². The van der Waals surface area contributed by atoms with Gasteiger partial charge in [0.25, 0.3) is 0 Å². The number of carbonyl (C=O) groups is 1. The van der Waals surface area contributed by atoms with E-state index in [4.69, 9.17) is 0 Å². The Bertz CT molecular complexity index is 840. The number of fused-ring (bicyclic) bond motifs is 1. The molecule has 0 spiro atoms. The fourth-order valence-corrected chi connectivity index (χ4v) is 2.92. The number of nitrogens with one attached hydrogen (secondary N) is 1. The lowest BCUT2D eigenvalue weighted by molar-refractivity contribution is -0.512. The van der Waals surface area contributed by atoms with Gasteiger partial charge in [-0.1, -0.05) is 48.5 Å². The molecule has 0 aliphatic rings. The molecule has 0 saturated carbocycles. The number of hydrogen-bond donors (Lipinski definition) is 1. The van der Waals surface area contributed by atoms with E-state index >= 15 is 0 Å². The summed E-state index contributed by atoms with van der Waals surface area (Å²) in [5, 5.41) is 12.5. The minimum absolute atomic E-state index is 0.588. The van der Waals surface area contributed by atoms with E-state index in [0.29, 0.717) is 11.3 Å². The lowest BCUT2D eigenvalue weighted by atomic mass is 9.88. The molecule has 24 heavy (non-hydrogen) atoms. The molecule has 0 aliphatic heterocycles. The molecule has 0 saturated heterocycles. The molecule has 0 bridgehead atoms. The zero-order valence-electron chi connectivity index (χ0n) is 13.0. The quantitative estimate of drug-likeness (QED) is 0.444. The highest BCUT2D eigenvalue weighted by atomic mass is 16.6. The maximum Gasteiger partial charge on any atom is 0.382 e. The molecule has 1 heterocycles. The molecule has 0 aliphatic carbocycles. The molecule has 2 unspecified atom stereocenters. The number of hydrogen-bond acceptors (Lipinski definition) is 4. The van der Waals surface area contributed by atoms with Gasteiger partial charge in [-0.25, -0.2) is 4.79 Å². The first-order valence-electron chi connectivity index (χ1n) is 7.45. The number of H-pyrrole nitrogens is 1. The summed E-state index contributed by atoms with van der Waals surface area (Å²) < 4.78 is 4.68. The normalized spacial score (nSPS) is 13.4. The SMILES string of the molecule is COC(=O)C(C(c1ccccc1)c1cc2ccccc2[nH]1)[N+](=O)[O-]. The second kappa shape index (κ2) is 6.54. The smallest absolute Gasteiger partial charge is 0.382 e. The van der Waals surface area contributed by atoms with Crippen LogP contribution < -0.4 is 0 Å². The third kappa shape index (κ3) is 2.86. The molecule has 0 amide bonds. The van der Waals surface area contributed by atoms with E-state index in [0.717, 1.165) is 18.0 Å². The van der Waals surface area contributed by atoms with E-state index < -0.39 is 22.9 Å². The van der Waals surface area contributed by atoms with Crippen LogP contribution in [0.2, 0.25) is 0 Å². The van der Waals surface area contributed by atoms with Crippen molar-refractivity contribution in [2.75, 3.05) is 7.11 Å². The number of nitrogens with zero attached hydrogens (tertiary/aromatic N) is 1. The fraction of sp³-hybridized carbons (Fsp3) is 0.167. The first-order valence-corrected chi connectivity index (χ1v) is 7.45. The van der Waals surface area contributed by atoms with Crippen LogP contribution in [0.4, 0.5) is 0 Å². The molecule has 122 valence electrons. The van der Waals surface area contributed by atoms with E-state index in [-0.39, 0.29) is 0 Å². The molecule has 6 nitrogen and oxygen atoms in total. The second-order valence-corrected chi connectivity index (χ2v) is 5.45. The number of nitro groups is 1. The van der Waals surface area contributed by atoms with E-state index in [1.807, 2.05) is 36.4 Å². The summed E-state index contributed by atoms with van der Waals surface area (Å²) in [6.45, 7) is 0. The molecule has 0 radical (unpaired) electrons. The van der Waals surface area contributed by atoms with Gasteiger partial charge in [0.15, 0.2) is 0 Å². The van der Waals surface area contributed by atoms with Crippen molar-refractivity contribution in [3.05, 3.63) is 82.0 Å². The molecule has 2 atom stereocenters. The minimum atomic E-state index is -1.52. The van der Waals surface area contributed by atoms with Gasteiger partial charge in [0.1, 0.15) is 5.92 Å². The van der Waals surface area contributed by atoms with Crippen molar-refractivity contribution in [2.45, 2.75) is 12.0 Å². The Morgan fingerprint density at radius 1 is 1.12 bits per heavy atom. The Labute approximate surface area is 138 Å². The van der Waals surface area contributed by atoms with Crippen LogP contribution in [0.5, 0.6) is 0 Å². The first-order chi connectivity index (χ1) is 11.6. The fourth-order valence-electron chi connectivity index (χ4n) is 2.92. The lowest BCUT2D eigenvalue weighted by Crippen LogP contribution is -2.37. The molecule has 3 aromatic rings. The summed E-state index contributed by atoms with van der Waals surface area (Å²) >= 11 is 0. The van der Waals surface area contributed by atoms with Crippen LogP contribution >= 0.6 is 0 Å². The molecule has 6 heteroatoms. The van der Waals surface area contributed by atoms with Gasteiger partial charge >= 0.3 is 12.0 Å². The highest BCUT2D eigenvalue weighted by Crippen LogP contribution is 2.32. The monoisotopic (exact) mass is 324 g/mol. The minimum Gasteiger partial charge on any atom is -0.464 e. The van der Waals surface area contributed by atoms with Gasteiger partial charge < -0.3 is 9.72 Å². The Hall–Kier alpha value is -3.15. The van der Waals surface area contributed by atoms with Crippen LogP contribution in [0.1, 0.15) is 17.2 Å². The lowest BCUT2D eigenvalue weighted by Gasteiger charge is -2.18. The molecular formula is C18H16N2O4. The van der Waals surface area contributed by atoms with Crippen molar-refractivity contribution >= 4 is 16.9 Å². The summed E-state index contributed by atoms with van der Waals surface area (Å²) in [7, 11) is 1.16. The summed E-state index contributed by atoms with van der Waals surface area (Å²) in [6, 6.07) is 16.8. The molecule has 1 N–H and O–H groups in total. The van der Waals surface area contributed by atoms with Crippen LogP contribution in [-0.2, 0) is 9.53 Å². The molecule has 0 fully saturated rings. The van der Waals surface area contributed by atoms with Gasteiger partial charge in [-0.05, 0) is 23.1 Å². The molecule has 3 rings (SSSR count). The number of esters is 1. The summed E-state index contributed by atoms with van der Waals surface area (Å²) in [4.78, 5) is 26.3. The second-order valence-electron chi connectivity index (χ2n) is 5.45. The molecular weight excluding hydrogens is 308 g/mol. The van der Waals surface area contributed by atoms with E-state index in [1.165, 1.54) is 0 Å². The van der Waals surface area contributed by atoms with E-state index in [1.54, 1.807) is 24.3 Å². The number of methoxy groups -OCH3 is 1. The van der Waals surface area contributed by atoms with Gasteiger partial charge in [0, 0.05) is 16.1 Å². The van der Waals surface area contributed by atoms with Crippen molar-refractivity contribution in [1.82, 2.24) is 4.98 Å². The predicted molar refractivity (Wildman–Crippen MR) is 89.4 cm³/mol. The number of para-hydroxylation sites is 1. The Balaban J connectivity index is 2.17. The maximum absolute atomic E-state index is 12.1. The van der Waals surface area contributed by atoms with Crippen molar-refractivity contribution in [2.24, 2.45) is 0 Å². The average Bonchev–Trinajstić information content (AvgIpc) is 3.02. The zero-order chi connectivity index (χ0) is 17.1. The van der Waals surface area contributed by atoms with Crippen molar-refractivity contribution < 1.29 is 14.5 Å². The van der Waals surface area contributed by atoms with E-state index in [2.05, 4.69) is 9.72 Å². The van der Waals surface area contributed by atoms with Gasteiger partial charge in [-0.3, -0.25) is 10.1 Å². The van der Waals surface area contributed by atoms with Gasteiger partial charge in [-0.2, -0.15) is 0 Å². The van der Waals surface area contributed by atoms with Crippen LogP contribution in [0.15, 0.2) is 60.7 Å². The van der Waals surface area contributed by atoms with Gasteiger partial charge in [-0.15, -0.1) is 0 Å². The third-order valence-electron chi connectivity index (χ3n) is 4.03. The summed E-state index contributed by atoms with van der Waals surface area (Å²) in [5.41, 5.74) is 2.14. The number of rotatable bonds is 5. The number of aromatic nitrogens is 1. The zero-order valence-corrected chi connectivity index (χ0v) is 13.0. The number of carbonyl (C=O) groups excluding carboxylic acids is 1. The largest absolute Gasteiger partial charge is 0.464 e. The van der Waals surface area contributed by atoms with Gasteiger partial charge in [0.2, 0.25) is 0 Å². The summed E-state index contributed by atoms with van der Waals surface area (Å²) in [6.07, 6.45) is 0. The van der Waals surface area contributed by atoms with Crippen LogP contribution in [0.25, 0.3) is 10.9 Å². The number of aromatic amines is 1. The number of benzene rings is 2. The molecule has 1 aromatic heterocycles. The highest BCUT2D eigenvalue weighted by Gasteiger charge is 2.42. The van der Waals surface area contributed by atoms with Crippen molar-refractivity contribution in [1.29, 1.82) is 0 Å². The number of ether oxygens (including phenoxy) is 1. The maximum atomic E-state index is 12.1. The standard InChI is InChI=1S/C18H16N2O4/c1-24-18(21)17(20(22)23)16(12-7-3-2-4-8-12)15-11-13-9-5-6-10-14(13)19-15/h2-11,16-17,19H,1H3. The highest BCUT2D eigenvalue weighted by molar-refractivity contribution is 5.82. The topological polar surface area (TPSA) is 85.2 Å². The van der Waals surface area contributed by atoms with Crippen LogP contribution in [0, 0.1) is 10.1 Å². The van der Waals surface area contributed by atoms with Crippen LogP contribution in [0.3, 0.4) is 0 Å². The molecule has 2 aromatic carbocycles.